The molecule has 2 aromatic rings. The van der Waals surface area contributed by atoms with Gasteiger partial charge in [-0.3, -0.25) is 14.9 Å². The number of hydrogen-bond donors (Lipinski definition) is 1. The van der Waals surface area contributed by atoms with E-state index < -0.39 is 17.8 Å². The zero-order valence-corrected chi connectivity index (χ0v) is 17.3. The minimum absolute atomic E-state index is 0.223. The Kier molecular flexibility index (Phi) is 5.44. The van der Waals surface area contributed by atoms with Gasteiger partial charge in [0.25, 0.3) is 11.8 Å². The fraction of sp³-hybridized carbons (Fsp3) is 0.211. The van der Waals surface area contributed by atoms with E-state index in [1.54, 1.807) is 24.3 Å². The van der Waals surface area contributed by atoms with E-state index in [-0.39, 0.29) is 11.3 Å². The van der Waals surface area contributed by atoms with Crippen LogP contribution in [0, 0.1) is 0 Å². The number of imide groups is 2. The van der Waals surface area contributed by atoms with Crippen LogP contribution in [0.25, 0.3) is 6.08 Å². The van der Waals surface area contributed by atoms with Crippen LogP contribution >= 0.6 is 27.5 Å². The van der Waals surface area contributed by atoms with Crippen molar-refractivity contribution in [3.63, 3.8) is 0 Å². The Morgan fingerprint density at radius 3 is 2.62 bits per heavy atom. The first kappa shape index (κ1) is 19.7. The van der Waals surface area contributed by atoms with Gasteiger partial charge in [0, 0.05) is 24.2 Å². The van der Waals surface area contributed by atoms with Gasteiger partial charge in [0.05, 0.1) is 23.4 Å². The molecule has 2 aliphatic rings. The Hall–Kier alpha value is -2.62. The Labute approximate surface area is 179 Å². The largest absolute Gasteiger partial charge is 0.440 e. The third kappa shape index (κ3) is 3.93. The monoisotopic (exact) mass is 479 g/mol. The highest BCUT2D eigenvalue weighted by Gasteiger charge is 2.37. The number of hydrogen-bond acceptors (Lipinski definition) is 6. The van der Waals surface area contributed by atoms with E-state index >= 15 is 0 Å². The van der Waals surface area contributed by atoms with Crippen molar-refractivity contribution in [3.8, 4) is 0 Å². The maximum Gasteiger partial charge on any atom is 0.335 e. The summed E-state index contributed by atoms with van der Waals surface area (Å²) in [7, 11) is 0. The number of carbonyl (C=O) groups excluding carboxylic acids is 3. The van der Waals surface area contributed by atoms with Crippen molar-refractivity contribution in [2.24, 2.45) is 0 Å². The van der Waals surface area contributed by atoms with Gasteiger partial charge in [0.2, 0.25) is 5.88 Å². The normalized spacial score (nSPS) is 19.1. The number of nitrogens with zero attached hydrogens (tertiary/aromatic N) is 2. The van der Waals surface area contributed by atoms with Gasteiger partial charge in [-0.1, -0.05) is 17.7 Å². The molecule has 0 atom stereocenters. The summed E-state index contributed by atoms with van der Waals surface area (Å²) < 4.78 is 11.9. The molecule has 4 rings (SSSR count). The minimum atomic E-state index is -0.839. The third-order valence-corrected chi connectivity index (χ3v) is 5.24. The second kappa shape index (κ2) is 8.02. The first-order valence-electron chi connectivity index (χ1n) is 8.73. The number of halogens is 2. The molecule has 0 bridgehead atoms. The molecule has 2 aliphatic heterocycles. The standard InChI is InChI=1S/C19H15BrClN3O5/c20-15-10-13(29-18(15)23-4-6-28-7-5-23)9-14-16(25)22-19(27)24(17(14)26)12-3-1-2-11(21)8-12/h1-3,8-10H,4-7H2,(H,22,25,27). The molecular formula is C19H15BrClN3O5. The second-order valence-electron chi connectivity index (χ2n) is 6.34. The summed E-state index contributed by atoms with van der Waals surface area (Å²) in [4.78, 5) is 40.3. The van der Waals surface area contributed by atoms with E-state index in [9.17, 15) is 14.4 Å². The number of ether oxygens (including phenoxy) is 1. The van der Waals surface area contributed by atoms with Crippen molar-refractivity contribution in [2.75, 3.05) is 36.1 Å². The number of benzene rings is 1. The lowest BCUT2D eigenvalue weighted by atomic mass is 10.1. The predicted octanol–water partition coefficient (Wildman–Crippen LogP) is 3.20. The molecule has 8 nitrogen and oxygen atoms in total. The van der Waals surface area contributed by atoms with Gasteiger partial charge in [0.1, 0.15) is 11.3 Å². The lowest BCUT2D eigenvalue weighted by molar-refractivity contribution is -0.122. The van der Waals surface area contributed by atoms with Gasteiger partial charge in [-0.25, -0.2) is 9.69 Å². The summed E-state index contributed by atoms with van der Waals surface area (Å²) in [5.41, 5.74) is 0.0346. The fourth-order valence-electron chi connectivity index (χ4n) is 3.08. The molecule has 0 unspecified atom stereocenters. The second-order valence-corrected chi connectivity index (χ2v) is 7.63. The molecule has 0 radical (unpaired) electrons. The van der Waals surface area contributed by atoms with Crippen molar-refractivity contribution < 1.29 is 23.5 Å². The minimum Gasteiger partial charge on any atom is -0.440 e. The number of amides is 4. The molecule has 1 aromatic carbocycles. The molecule has 29 heavy (non-hydrogen) atoms. The van der Waals surface area contributed by atoms with Crippen molar-refractivity contribution in [3.05, 3.63) is 51.2 Å². The maximum absolute atomic E-state index is 12.9. The number of carbonyl (C=O) groups is 3. The number of urea groups is 1. The van der Waals surface area contributed by atoms with Gasteiger partial charge in [-0.2, -0.15) is 0 Å². The highest BCUT2D eigenvalue weighted by atomic mass is 79.9. The van der Waals surface area contributed by atoms with Crippen LogP contribution in [0.3, 0.4) is 0 Å². The van der Waals surface area contributed by atoms with Gasteiger partial charge < -0.3 is 14.1 Å². The fourth-order valence-corrected chi connectivity index (χ4v) is 3.82. The number of morpholine rings is 1. The zero-order valence-electron chi connectivity index (χ0n) is 15.0. The van der Waals surface area contributed by atoms with Crippen molar-refractivity contribution in [2.45, 2.75) is 0 Å². The van der Waals surface area contributed by atoms with Crippen molar-refractivity contribution in [1.29, 1.82) is 0 Å². The molecule has 0 aliphatic carbocycles. The van der Waals surface area contributed by atoms with Crippen LogP contribution in [0.15, 0.2) is 44.8 Å². The van der Waals surface area contributed by atoms with Crippen LogP contribution < -0.4 is 15.1 Å². The van der Waals surface area contributed by atoms with E-state index in [0.29, 0.717) is 47.4 Å². The molecule has 4 amide bonds. The van der Waals surface area contributed by atoms with Gasteiger partial charge >= 0.3 is 6.03 Å². The van der Waals surface area contributed by atoms with E-state index in [0.717, 1.165) is 4.90 Å². The first-order valence-corrected chi connectivity index (χ1v) is 9.90. The lowest BCUT2D eigenvalue weighted by Gasteiger charge is -2.27. The lowest BCUT2D eigenvalue weighted by Crippen LogP contribution is -2.54. The number of nitrogens with one attached hydrogen (secondary N) is 1. The predicted molar refractivity (Wildman–Crippen MR) is 110 cm³/mol. The number of anilines is 2. The Morgan fingerprint density at radius 1 is 1.14 bits per heavy atom. The average Bonchev–Trinajstić information content (AvgIpc) is 3.06. The molecule has 3 heterocycles. The summed E-state index contributed by atoms with van der Waals surface area (Å²) in [6, 6.07) is 7.07. The molecule has 2 saturated heterocycles. The Balaban J connectivity index is 1.66. The van der Waals surface area contributed by atoms with Gasteiger partial charge in [-0.15, -0.1) is 0 Å². The van der Waals surface area contributed by atoms with E-state index in [1.165, 1.54) is 12.1 Å². The van der Waals surface area contributed by atoms with Crippen molar-refractivity contribution in [1.82, 2.24) is 5.32 Å². The molecule has 2 fully saturated rings. The average molecular weight is 481 g/mol. The van der Waals surface area contributed by atoms with Crippen molar-refractivity contribution >= 4 is 63.0 Å². The SMILES string of the molecule is O=C1NC(=O)N(c2cccc(Cl)c2)C(=O)C1=Cc1cc(Br)c(N2CCOCC2)o1. The zero-order chi connectivity index (χ0) is 20.5. The molecule has 10 heteroatoms. The Morgan fingerprint density at radius 2 is 1.90 bits per heavy atom. The topological polar surface area (TPSA) is 92.1 Å². The van der Waals surface area contributed by atoms with Gasteiger partial charge in [-0.05, 0) is 40.2 Å². The Bertz CT molecular complexity index is 1030. The smallest absolute Gasteiger partial charge is 0.335 e. The molecule has 150 valence electrons. The van der Waals surface area contributed by atoms with E-state index in [2.05, 4.69) is 21.2 Å². The van der Waals surface area contributed by atoms with E-state index in [1.807, 2.05) is 4.90 Å². The van der Waals surface area contributed by atoms with Crippen LogP contribution in [-0.2, 0) is 14.3 Å². The summed E-state index contributed by atoms with van der Waals surface area (Å²) in [6.45, 7) is 2.50. The summed E-state index contributed by atoms with van der Waals surface area (Å²) in [6.07, 6.45) is 1.32. The molecule has 0 spiro atoms. The summed E-state index contributed by atoms with van der Waals surface area (Å²) in [5.74, 6) is -0.663. The van der Waals surface area contributed by atoms with Crippen LogP contribution in [0.4, 0.5) is 16.4 Å². The number of furan rings is 1. The molecule has 1 N–H and O–H groups in total. The molecule has 1 aromatic heterocycles. The molecule has 0 saturated carbocycles. The van der Waals surface area contributed by atoms with Crippen LogP contribution in [0.5, 0.6) is 0 Å². The quantitative estimate of drug-likeness (QED) is 0.536. The van der Waals surface area contributed by atoms with Gasteiger partial charge in [0.15, 0.2) is 0 Å². The maximum atomic E-state index is 12.9. The van der Waals surface area contributed by atoms with Crippen LogP contribution in [0.2, 0.25) is 5.02 Å². The number of rotatable bonds is 3. The number of barbiturate groups is 1. The van der Waals surface area contributed by atoms with E-state index in [4.69, 9.17) is 20.8 Å². The highest BCUT2D eigenvalue weighted by molar-refractivity contribution is 9.10. The first-order chi connectivity index (χ1) is 13.9. The third-order valence-electron chi connectivity index (χ3n) is 4.44. The van der Waals surface area contributed by atoms with Crippen LogP contribution in [0.1, 0.15) is 5.76 Å². The molecular weight excluding hydrogens is 466 g/mol. The highest BCUT2D eigenvalue weighted by Crippen LogP contribution is 2.32. The summed E-state index contributed by atoms with van der Waals surface area (Å²) in [5, 5.41) is 2.53. The summed E-state index contributed by atoms with van der Waals surface area (Å²) >= 11 is 9.41. The van der Waals surface area contributed by atoms with Crippen LogP contribution in [-0.4, -0.2) is 44.1 Å².